The van der Waals surface area contributed by atoms with Crippen molar-refractivity contribution in [2.45, 2.75) is 25.3 Å². The third kappa shape index (κ3) is 3.08. The summed E-state index contributed by atoms with van der Waals surface area (Å²) in [5.41, 5.74) is 6.77. The maximum absolute atomic E-state index is 12.2. The van der Waals surface area contributed by atoms with E-state index >= 15 is 0 Å². The van der Waals surface area contributed by atoms with Gasteiger partial charge < -0.3 is 11.1 Å². The molecule has 2 rings (SSSR count). The van der Waals surface area contributed by atoms with Gasteiger partial charge in [-0.15, -0.1) is 11.3 Å². The van der Waals surface area contributed by atoms with Gasteiger partial charge in [0.15, 0.2) is 15.6 Å². The molecule has 2 aromatic heterocycles. The number of carbonyl (C=O) groups excluding carboxylic acids is 1. The Morgan fingerprint density at radius 3 is 2.76 bits per heavy atom. The number of thiophene rings is 1. The number of nitrogen functional groups attached to an aromatic ring is 1. The van der Waals surface area contributed by atoms with E-state index in [0.717, 1.165) is 16.9 Å². The summed E-state index contributed by atoms with van der Waals surface area (Å²) in [5.74, 6) is -0.326. The third-order valence-corrected chi connectivity index (χ3v) is 6.12. The average molecular weight is 328 g/mol. The fourth-order valence-corrected chi connectivity index (χ4v) is 4.37. The van der Waals surface area contributed by atoms with Gasteiger partial charge in [0.25, 0.3) is 0 Å². The second-order valence-electron chi connectivity index (χ2n) is 4.42. The molecule has 0 unspecified atom stereocenters. The Morgan fingerprint density at radius 2 is 2.24 bits per heavy atom. The quantitative estimate of drug-likeness (QED) is 0.694. The number of nitrogens with two attached hydrogens (primary N) is 1. The Morgan fingerprint density at radius 1 is 1.52 bits per heavy atom. The molecule has 4 N–H and O–H groups in total. The summed E-state index contributed by atoms with van der Waals surface area (Å²) in [4.78, 5) is 11.9. The van der Waals surface area contributed by atoms with Crippen LogP contribution in [0.25, 0.3) is 0 Å². The number of rotatable bonds is 6. The van der Waals surface area contributed by atoms with Gasteiger partial charge in [-0.2, -0.15) is 5.10 Å². The number of carbonyl (C=O) groups is 1. The summed E-state index contributed by atoms with van der Waals surface area (Å²) >= 11 is 1.06. The molecule has 0 aromatic carbocycles. The van der Waals surface area contributed by atoms with E-state index in [1.807, 2.05) is 0 Å². The standard InChI is InChI=1S/C12H16N4O3S2/c1-3-21(18,19)11-9(13)10(7(2)17)20-12(11)14-4-8-5-15-16-6-8/h5-6,14H,3-4,13H2,1-2H3,(H,15,16). The van der Waals surface area contributed by atoms with Crippen LogP contribution in [-0.2, 0) is 16.4 Å². The van der Waals surface area contributed by atoms with E-state index in [1.165, 1.54) is 6.92 Å². The van der Waals surface area contributed by atoms with Crippen molar-refractivity contribution in [3.8, 4) is 0 Å². The number of sulfone groups is 1. The molecule has 0 aliphatic rings. The second-order valence-corrected chi connectivity index (χ2v) is 7.66. The summed E-state index contributed by atoms with van der Waals surface area (Å²) in [5, 5.41) is 9.90. The number of aromatic nitrogens is 2. The molecule has 21 heavy (non-hydrogen) atoms. The van der Waals surface area contributed by atoms with E-state index in [4.69, 9.17) is 5.73 Å². The summed E-state index contributed by atoms with van der Waals surface area (Å²) in [7, 11) is -3.52. The van der Waals surface area contributed by atoms with Gasteiger partial charge in [0.2, 0.25) is 0 Å². The summed E-state index contributed by atoms with van der Waals surface area (Å²) in [6, 6.07) is 0. The van der Waals surface area contributed by atoms with Crippen LogP contribution in [0.1, 0.15) is 29.1 Å². The Balaban J connectivity index is 2.43. The lowest BCUT2D eigenvalue weighted by molar-refractivity contribution is 0.102. The maximum atomic E-state index is 12.2. The number of nitrogens with one attached hydrogen (secondary N) is 2. The van der Waals surface area contributed by atoms with Crippen LogP contribution in [0, 0.1) is 0 Å². The molecule has 0 aliphatic heterocycles. The van der Waals surface area contributed by atoms with Crippen LogP contribution in [0.15, 0.2) is 17.3 Å². The first-order chi connectivity index (χ1) is 9.86. The number of nitrogens with zero attached hydrogens (tertiary/aromatic N) is 1. The van der Waals surface area contributed by atoms with Crippen LogP contribution in [0.5, 0.6) is 0 Å². The van der Waals surface area contributed by atoms with Crippen LogP contribution >= 0.6 is 11.3 Å². The summed E-state index contributed by atoms with van der Waals surface area (Å²) < 4.78 is 24.4. The highest BCUT2D eigenvalue weighted by atomic mass is 32.2. The largest absolute Gasteiger partial charge is 0.396 e. The monoisotopic (exact) mass is 328 g/mol. The molecule has 0 aliphatic carbocycles. The zero-order valence-corrected chi connectivity index (χ0v) is 13.3. The number of aromatic amines is 1. The molecule has 0 amide bonds. The van der Waals surface area contributed by atoms with Gasteiger partial charge in [0.1, 0.15) is 9.90 Å². The first-order valence-corrected chi connectivity index (χ1v) is 8.71. The van der Waals surface area contributed by atoms with Crippen molar-refractivity contribution in [2.75, 3.05) is 16.8 Å². The molecule has 0 saturated heterocycles. The van der Waals surface area contributed by atoms with Gasteiger partial charge in [0.05, 0.1) is 22.5 Å². The SMILES string of the molecule is CCS(=O)(=O)c1c(NCc2cn[nH]c2)sc(C(C)=O)c1N. The zero-order valence-electron chi connectivity index (χ0n) is 11.6. The molecule has 2 aromatic rings. The van der Waals surface area contributed by atoms with E-state index in [2.05, 4.69) is 15.5 Å². The van der Waals surface area contributed by atoms with Crippen LogP contribution in [0.4, 0.5) is 10.7 Å². The average Bonchev–Trinajstić information content (AvgIpc) is 3.03. The van der Waals surface area contributed by atoms with Crippen molar-refractivity contribution in [3.63, 3.8) is 0 Å². The number of Topliss-reactive ketones (excluding diaryl/α,β-unsaturated/α-hetero) is 1. The summed E-state index contributed by atoms with van der Waals surface area (Å²) in [6.45, 7) is 3.30. The van der Waals surface area contributed by atoms with Crippen LogP contribution < -0.4 is 11.1 Å². The van der Waals surface area contributed by atoms with Crippen LogP contribution in [0.2, 0.25) is 0 Å². The lowest BCUT2D eigenvalue weighted by Crippen LogP contribution is -2.09. The smallest absolute Gasteiger partial charge is 0.183 e. The Hall–Kier alpha value is -1.87. The molecule has 0 fully saturated rings. The third-order valence-electron chi connectivity index (χ3n) is 2.92. The molecule has 0 spiro atoms. The zero-order chi connectivity index (χ0) is 15.6. The lowest BCUT2D eigenvalue weighted by atomic mass is 10.3. The normalized spacial score (nSPS) is 11.5. The highest BCUT2D eigenvalue weighted by molar-refractivity contribution is 7.91. The van der Waals surface area contributed by atoms with Crippen molar-refractivity contribution >= 4 is 37.6 Å². The number of hydrogen-bond donors (Lipinski definition) is 3. The molecular weight excluding hydrogens is 312 g/mol. The van der Waals surface area contributed by atoms with Gasteiger partial charge in [0, 0.05) is 25.2 Å². The molecule has 0 saturated carbocycles. The van der Waals surface area contributed by atoms with Gasteiger partial charge in [-0.25, -0.2) is 8.42 Å². The maximum Gasteiger partial charge on any atom is 0.183 e. The first-order valence-electron chi connectivity index (χ1n) is 6.24. The predicted molar refractivity (Wildman–Crippen MR) is 82.4 cm³/mol. The Bertz CT molecular complexity index is 748. The molecule has 114 valence electrons. The van der Waals surface area contributed by atoms with E-state index < -0.39 is 9.84 Å². The van der Waals surface area contributed by atoms with Gasteiger partial charge >= 0.3 is 0 Å². The van der Waals surface area contributed by atoms with Gasteiger partial charge in [-0.05, 0) is 0 Å². The van der Waals surface area contributed by atoms with E-state index in [1.54, 1.807) is 19.3 Å². The van der Waals surface area contributed by atoms with Crippen LogP contribution in [-0.4, -0.2) is 30.2 Å². The lowest BCUT2D eigenvalue weighted by Gasteiger charge is -2.07. The molecular formula is C12H16N4O3S2. The van der Waals surface area contributed by atoms with Gasteiger partial charge in [-0.1, -0.05) is 6.92 Å². The number of anilines is 2. The van der Waals surface area contributed by atoms with Gasteiger partial charge in [-0.3, -0.25) is 9.89 Å². The van der Waals surface area contributed by atoms with Crippen molar-refractivity contribution in [1.82, 2.24) is 10.2 Å². The van der Waals surface area contributed by atoms with E-state index in [0.29, 0.717) is 11.5 Å². The summed E-state index contributed by atoms with van der Waals surface area (Å²) in [6.07, 6.45) is 3.33. The highest BCUT2D eigenvalue weighted by Gasteiger charge is 2.27. The van der Waals surface area contributed by atoms with E-state index in [9.17, 15) is 13.2 Å². The second kappa shape index (κ2) is 5.86. The molecule has 9 heteroatoms. The van der Waals surface area contributed by atoms with Crippen LogP contribution in [0.3, 0.4) is 0 Å². The molecule has 0 bridgehead atoms. The number of H-pyrrole nitrogens is 1. The number of hydrogen-bond acceptors (Lipinski definition) is 7. The fraction of sp³-hybridized carbons (Fsp3) is 0.333. The molecule has 7 nitrogen and oxygen atoms in total. The van der Waals surface area contributed by atoms with E-state index in [-0.39, 0.29) is 27.0 Å². The first kappa shape index (κ1) is 15.5. The molecule has 2 heterocycles. The van der Waals surface area contributed by atoms with Crippen molar-refractivity contribution in [3.05, 3.63) is 22.8 Å². The van der Waals surface area contributed by atoms with Crippen molar-refractivity contribution in [1.29, 1.82) is 0 Å². The number of ketones is 1. The van der Waals surface area contributed by atoms with Crippen molar-refractivity contribution < 1.29 is 13.2 Å². The highest BCUT2D eigenvalue weighted by Crippen LogP contribution is 2.40. The molecule has 0 radical (unpaired) electrons. The minimum Gasteiger partial charge on any atom is -0.396 e. The predicted octanol–water partition coefficient (Wildman–Crippen LogP) is 1.66. The Labute approximate surface area is 126 Å². The fourth-order valence-electron chi connectivity index (χ4n) is 1.82. The topological polar surface area (TPSA) is 118 Å². The molecule has 0 atom stereocenters. The Kier molecular flexibility index (Phi) is 4.33. The minimum absolute atomic E-state index is 0.0173. The minimum atomic E-state index is -3.52. The van der Waals surface area contributed by atoms with Crippen molar-refractivity contribution in [2.24, 2.45) is 0 Å².